The molecule has 3 N–H and O–H groups in total. The van der Waals surface area contributed by atoms with Crippen LogP contribution >= 0.6 is 23.4 Å². The van der Waals surface area contributed by atoms with E-state index in [-0.39, 0.29) is 5.91 Å². The molecule has 0 saturated heterocycles. The van der Waals surface area contributed by atoms with Crippen LogP contribution < -0.4 is 11.1 Å². The fourth-order valence-corrected chi connectivity index (χ4v) is 2.16. The number of hydrogen-bond acceptors (Lipinski definition) is 3. The SMILES string of the molecule is CSCCCCNC(=O)c1cc(N)cc(Cl)c1. The first-order valence-electron chi connectivity index (χ1n) is 5.46. The molecule has 0 saturated carbocycles. The van der Waals surface area contributed by atoms with Crippen LogP contribution in [-0.4, -0.2) is 24.5 Å². The summed E-state index contributed by atoms with van der Waals surface area (Å²) < 4.78 is 0. The molecule has 0 unspecified atom stereocenters. The van der Waals surface area contributed by atoms with Crippen molar-refractivity contribution in [2.24, 2.45) is 0 Å². The number of amides is 1. The van der Waals surface area contributed by atoms with Gasteiger partial charge in [0.1, 0.15) is 0 Å². The maximum atomic E-state index is 11.8. The number of thioether (sulfide) groups is 1. The summed E-state index contributed by atoms with van der Waals surface area (Å²) in [6.07, 6.45) is 4.18. The molecule has 0 aliphatic carbocycles. The lowest BCUT2D eigenvalue weighted by Crippen LogP contribution is -2.24. The second-order valence-corrected chi connectivity index (χ2v) is 5.15. The number of nitrogen functional groups attached to an aromatic ring is 1. The second kappa shape index (κ2) is 7.45. The van der Waals surface area contributed by atoms with Gasteiger partial charge < -0.3 is 11.1 Å². The second-order valence-electron chi connectivity index (χ2n) is 3.73. The van der Waals surface area contributed by atoms with Crippen LogP contribution in [0, 0.1) is 0 Å². The van der Waals surface area contributed by atoms with E-state index in [2.05, 4.69) is 11.6 Å². The summed E-state index contributed by atoms with van der Waals surface area (Å²) in [5, 5.41) is 3.33. The van der Waals surface area contributed by atoms with Crippen LogP contribution in [0.4, 0.5) is 5.69 Å². The minimum Gasteiger partial charge on any atom is -0.399 e. The Balaban J connectivity index is 2.41. The van der Waals surface area contributed by atoms with Crippen LogP contribution in [0.15, 0.2) is 18.2 Å². The van der Waals surface area contributed by atoms with Gasteiger partial charge in [0.25, 0.3) is 5.91 Å². The molecule has 0 aromatic heterocycles. The molecule has 0 atom stereocenters. The van der Waals surface area contributed by atoms with Gasteiger partial charge in [-0.25, -0.2) is 0 Å². The van der Waals surface area contributed by atoms with Crippen molar-refractivity contribution in [3.05, 3.63) is 28.8 Å². The number of hydrogen-bond donors (Lipinski definition) is 2. The molecule has 0 aliphatic rings. The van der Waals surface area contributed by atoms with Gasteiger partial charge in [0.15, 0.2) is 0 Å². The Labute approximate surface area is 111 Å². The fourth-order valence-electron chi connectivity index (χ4n) is 1.42. The predicted molar refractivity (Wildman–Crippen MR) is 75.8 cm³/mol. The number of rotatable bonds is 6. The lowest BCUT2D eigenvalue weighted by molar-refractivity contribution is 0.0953. The predicted octanol–water partition coefficient (Wildman–Crippen LogP) is 2.80. The first-order chi connectivity index (χ1) is 8.13. The Bertz CT molecular complexity index is 365. The summed E-state index contributed by atoms with van der Waals surface area (Å²) in [6, 6.07) is 4.87. The van der Waals surface area contributed by atoms with Crippen molar-refractivity contribution in [1.82, 2.24) is 5.32 Å². The van der Waals surface area contributed by atoms with Crippen molar-refractivity contribution in [3.63, 3.8) is 0 Å². The molecule has 0 bridgehead atoms. The van der Waals surface area contributed by atoms with Gasteiger partial charge in [0.05, 0.1) is 0 Å². The van der Waals surface area contributed by atoms with E-state index in [4.69, 9.17) is 17.3 Å². The molecule has 17 heavy (non-hydrogen) atoms. The van der Waals surface area contributed by atoms with E-state index in [0.717, 1.165) is 18.6 Å². The minimum absolute atomic E-state index is 0.122. The van der Waals surface area contributed by atoms with Gasteiger partial charge >= 0.3 is 0 Å². The first kappa shape index (κ1) is 14.2. The fraction of sp³-hybridized carbons (Fsp3) is 0.417. The smallest absolute Gasteiger partial charge is 0.251 e. The third-order valence-corrected chi connectivity index (χ3v) is 3.16. The highest BCUT2D eigenvalue weighted by atomic mass is 35.5. The standard InChI is InChI=1S/C12H17ClN2OS/c1-17-5-3-2-4-15-12(16)9-6-10(13)8-11(14)7-9/h6-8H,2-5,14H2,1H3,(H,15,16). The number of carbonyl (C=O) groups is 1. The molecule has 0 spiro atoms. The first-order valence-corrected chi connectivity index (χ1v) is 7.24. The highest BCUT2D eigenvalue weighted by molar-refractivity contribution is 7.98. The van der Waals surface area contributed by atoms with Gasteiger partial charge in [-0.2, -0.15) is 11.8 Å². The molecule has 5 heteroatoms. The van der Waals surface area contributed by atoms with Gasteiger partial charge in [-0.3, -0.25) is 4.79 Å². The van der Waals surface area contributed by atoms with Gasteiger partial charge in [0, 0.05) is 22.8 Å². The third-order valence-electron chi connectivity index (χ3n) is 2.24. The molecule has 1 aromatic carbocycles. The summed E-state index contributed by atoms with van der Waals surface area (Å²) in [5.74, 6) is 1.00. The average Bonchev–Trinajstić information content (AvgIpc) is 2.27. The number of benzene rings is 1. The van der Waals surface area contributed by atoms with Crippen LogP contribution in [0.2, 0.25) is 5.02 Å². The van der Waals surface area contributed by atoms with Gasteiger partial charge in [-0.1, -0.05) is 11.6 Å². The summed E-state index contributed by atoms with van der Waals surface area (Å²) in [7, 11) is 0. The number of anilines is 1. The largest absolute Gasteiger partial charge is 0.399 e. The van der Waals surface area contributed by atoms with Gasteiger partial charge in [0.2, 0.25) is 0 Å². The van der Waals surface area contributed by atoms with E-state index in [1.54, 1.807) is 18.2 Å². The molecule has 3 nitrogen and oxygen atoms in total. The quantitative estimate of drug-likeness (QED) is 0.618. The summed E-state index contributed by atoms with van der Waals surface area (Å²) in [6.45, 7) is 0.686. The van der Waals surface area contributed by atoms with E-state index in [0.29, 0.717) is 22.8 Å². The van der Waals surface area contributed by atoms with Crippen molar-refractivity contribution < 1.29 is 4.79 Å². The normalized spacial score (nSPS) is 10.2. The van der Waals surface area contributed by atoms with Crippen LogP contribution in [0.25, 0.3) is 0 Å². The summed E-state index contributed by atoms with van der Waals surface area (Å²) in [4.78, 5) is 11.8. The third kappa shape index (κ3) is 5.33. The highest BCUT2D eigenvalue weighted by Gasteiger charge is 2.06. The topological polar surface area (TPSA) is 55.1 Å². The van der Waals surface area contributed by atoms with Gasteiger partial charge in [-0.15, -0.1) is 0 Å². The lowest BCUT2D eigenvalue weighted by Gasteiger charge is -2.06. The van der Waals surface area contributed by atoms with Crippen molar-refractivity contribution in [2.45, 2.75) is 12.8 Å². The maximum Gasteiger partial charge on any atom is 0.251 e. The number of carbonyl (C=O) groups excluding carboxylic acids is 1. The Morgan fingerprint density at radius 3 is 2.82 bits per heavy atom. The Kier molecular flexibility index (Phi) is 6.22. The molecule has 94 valence electrons. The Hall–Kier alpha value is -0.870. The number of nitrogens with two attached hydrogens (primary N) is 1. The highest BCUT2D eigenvalue weighted by Crippen LogP contribution is 2.16. The van der Waals surface area contributed by atoms with Crippen LogP contribution in [0.3, 0.4) is 0 Å². The molecule has 0 fully saturated rings. The molecule has 1 amide bonds. The van der Waals surface area contributed by atoms with Gasteiger partial charge in [-0.05, 0) is 43.0 Å². The molecule has 0 heterocycles. The number of halogens is 1. The minimum atomic E-state index is -0.122. The average molecular weight is 273 g/mol. The summed E-state index contributed by atoms with van der Waals surface area (Å²) in [5.41, 5.74) is 6.64. The molecule has 0 aliphatic heterocycles. The van der Waals surface area contributed by atoms with Crippen molar-refractivity contribution in [2.75, 3.05) is 24.3 Å². The van der Waals surface area contributed by atoms with Crippen LogP contribution in [-0.2, 0) is 0 Å². The monoisotopic (exact) mass is 272 g/mol. The molecule has 1 rings (SSSR count). The molecular formula is C12H17ClN2OS. The van der Waals surface area contributed by atoms with Crippen LogP contribution in [0.5, 0.6) is 0 Å². The van der Waals surface area contributed by atoms with Crippen molar-refractivity contribution >= 4 is 35.0 Å². The maximum absolute atomic E-state index is 11.8. The van der Waals surface area contributed by atoms with E-state index in [1.807, 2.05) is 11.8 Å². The van der Waals surface area contributed by atoms with E-state index >= 15 is 0 Å². The van der Waals surface area contributed by atoms with Crippen molar-refractivity contribution in [3.8, 4) is 0 Å². The summed E-state index contributed by atoms with van der Waals surface area (Å²) >= 11 is 7.65. The molecule has 0 radical (unpaired) electrons. The van der Waals surface area contributed by atoms with E-state index in [9.17, 15) is 4.79 Å². The Morgan fingerprint density at radius 2 is 2.18 bits per heavy atom. The Morgan fingerprint density at radius 1 is 1.41 bits per heavy atom. The zero-order valence-corrected chi connectivity index (χ0v) is 11.4. The zero-order chi connectivity index (χ0) is 12.7. The molecule has 1 aromatic rings. The zero-order valence-electron chi connectivity index (χ0n) is 9.83. The van der Waals surface area contributed by atoms with E-state index < -0.39 is 0 Å². The van der Waals surface area contributed by atoms with E-state index in [1.165, 1.54) is 0 Å². The van der Waals surface area contributed by atoms with Crippen LogP contribution in [0.1, 0.15) is 23.2 Å². The molecular weight excluding hydrogens is 256 g/mol. The number of unbranched alkanes of at least 4 members (excludes halogenated alkanes) is 1. The van der Waals surface area contributed by atoms with Crippen molar-refractivity contribution in [1.29, 1.82) is 0 Å². The lowest BCUT2D eigenvalue weighted by atomic mass is 10.2. The number of nitrogens with one attached hydrogen (secondary N) is 1.